The Bertz CT molecular complexity index is 1210. The van der Waals surface area contributed by atoms with Crippen molar-refractivity contribution >= 4 is 38.2 Å². The number of sulfonamides is 1. The van der Waals surface area contributed by atoms with Gasteiger partial charge in [-0.25, -0.2) is 18.1 Å². The minimum atomic E-state index is -3.71. The molecule has 2 aromatic carbocycles. The van der Waals surface area contributed by atoms with Gasteiger partial charge in [0.1, 0.15) is 0 Å². The summed E-state index contributed by atoms with van der Waals surface area (Å²) >= 11 is 1.52. The first kappa shape index (κ1) is 21.4. The highest BCUT2D eigenvalue weighted by Crippen LogP contribution is 2.30. The van der Waals surface area contributed by atoms with Crippen molar-refractivity contribution in [2.75, 3.05) is 5.32 Å². The Kier molecular flexibility index (Phi) is 5.99. The van der Waals surface area contributed by atoms with Crippen LogP contribution in [0.5, 0.6) is 0 Å². The third-order valence-corrected chi connectivity index (χ3v) is 7.56. The summed E-state index contributed by atoms with van der Waals surface area (Å²) in [7, 11) is -3.71. The molecule has 0 atom stereocenters. The van der Waals surface area contributed by atoms with Gasteiger partial charge in [-0.05, 0) is 56.0 Å². The number of Topliss-reactive ketones (excluding diaryl/α,β-unsaturated/α-hetero) is 1. The van der Waals surface area contributed by atoms with E-state index in [0.717, 1.165) is 25.0 Å². The molecular formula is C22H21N3O4S2. The molecule has 3 aromatic rings. The van der Waals surface area contributed by atoms with Gasteiger partial charge in [-0.2, -0.15) is 0 Å². The summed E-state index contributed by atoms with van der Waals surface area (Å²) in [6.07, 6.45) is 3.11. The number of aromatic nitrogens is 1. The van der Waals surface area contributed by atoms with E-state index in [9.17, 15) is 18.0 Å². The Balaban J connectivity index is 1.36. The molecule has 0 radical (unpaired) electrons. The lowest BCUT2D eigenvalue weighted by Crippen LogP contribution is -2.23. The fourth-order valence-electron chi connectivity index (χ4n) is 3.32. The summed E-state index contributed by atoms with van der Waals surface area (Å²) in [5, 5.41) is 3.44. The van der Waals surface area contributed by atoms with Crippen molar-refractivity contribution in [3.63, 3.8) is 0 Å². The second kappa shape index (κ2) is 8.70. The maximum absolute atomic E-state index is 12.5. The molecule has 0 bridgehead atoms. The van der Waals surface area contributed by atoms with Crippen molar-refractivity contribution in [3.8, 4) is 0 Å². The molecule has 0 unspecified atom stereocenters. The van der Waals surface area contributed by atoms with Gasteiger partial charge >= 0.3 is 0 Å². The fraction of sp³-hybridized carbons (Fsp3) is 0.227. The molecule has 1 heterocycles. The second-order valence-electron chi connectivity index (χ2n) is 7.30. The fourth-order valence-corrected chi connectivity index (χ4v) is 5.38. The zero-order chi connectivity index (χ0) is 22.0. The number of nitrogens with one attached hydrogen (secondary N) is 2. The Morgan fingerprint density at radius 3 is 2.32 bits per heavy atom. The number of hydrogen-bond acceptors (Lipinski definition) is 6. The summed E-state index contributed by atoms with van der Waals surface area (Å²) < 4.78 is 27.4. The monoisotopic (exact) mass is 455 g/mol. The van der Waals surface area contributed by atoms with Crippen LogP contribution in [-0.2, 0) is 29.4 Å². The van der Waals surface area contributed by atoms with E-state index in [2.05, 4.69) is 15.0 Å². The van der Waals surface area contributed by atoms with Crippen molar-refractivity contribution in [3.05, 3.63) is 75.8 Å². The van der Waals surface area contributed by atoms with Crippen LogP contribution in [0.2, 0.25) is 0 Å². The largest absolute Gasteiger partial charge is 0.298 e. The van der Waals surface area contributed by atoms with Crippen molar-refractivity contribution in [2.24, 2.45) is 0 Å². The number of benzene rings is 2. The number of fused-ring (bicyclic) bond motifs is 1. The molecule has 1 aliphatic rings. The molecule has 1 amide bonds. The van der Waals surface area contributed by atoms with Gasteiger partial charge < -0.3 is 0 Å². The normalized spacial score (nSPS) is 13.1. The van der Waals surface area contributed by atoms with Crippen LogP contribution >= 0.6 is 11.3 Å². The average Bonchev–Trinajstić information content (AvgIpc) is 3.34. The third kappa shape index (κ3) is 4.90. The Labute approximate surface area is 184 Å². The van der Waals surface area contributed by atoms with Crippen LogP contribution < -0.4 is 10.0 Å². The first-order valence-electron chi connectivity index (χ1n) is 9.81. The zero-order valence-electron chi connectivity index (χ0n) is 16.8. The van der Waals surface area contributed by atoms with Crippen LogP contribution in [0, 0.1) is 0 Å². The first-order valence-corrected chi connectivity index (χ1v) is 12.1. The number of carbonyl (C=O) groups is 2. The summed E-state index contributed by atoms with van der Waals surface area (Å²) in [4.78, 5) is 29.6. The number of carbonyl (C=O) groups excluding carboxylic acids is 2. The molecular weight excluding hydrogens is 434 g/mol. The molecule has 7 nitrogen and oxygen atoms in total. The van der Waals surface area contributed by atoms with E-state index in [1.54, 1.807) is 24.3 Å². The van der Waals surface area contributed by atoms with E-state index in [1.165, 1.54) is 47.4 Å². The number of amides is 1. The van der Waals surface area contributed by atoms with Crippen molar-refractivity contribution in [1.82, 2.24) is 9.71 Å². The van der Waals surface area contributed by atoms with Crippen LogP contribution in [0.1, 0.15) is 50.2 Å². The smallest absolute Gasteiger partial charge is 0.257 e. The molecule has 0 saturated heterocycles. The summed E-state index contributed by atoms with van der Waals surface area (Å²) in [5.74, 6) is -0.370. The van der Waals surface area contributed by atoms with Crippen LogP contribution in [0.3, 0.4) is 0 Å². The van der Waals surface area contributed by atoms with Crippen molar-refractivity contribution in [2.45, 2.75) is 37.6 Å². The maximum atomic E-state index is 12.5. The number of thiazole rings is 1. The summed E-state index contributed by atoms with van der Waals surface area (Å²) in [5.41, 5.74) is 2.73. The van der Waals surface area contributed by atoms with Gasteiger partial charge in [-0.3, -0.25) is 14.9 Å². The lowest BCUT2D eigenvalue weighted by atomic mass is 10.1. The van der Waals surface area contributed by atoms with Gasteiger partial charge in [0.15, 0.2) is 10.9 Å². The van der Waals surface area contributed by atoms with E-state index < -0.39 is 10.0 Å². The predicted octanol–water partition coefficient (Wildman–Crippen LogP) is 3.57. The predicted molar refractivity (Wildman–Crippen MR) is 119 cm³/mol. The molecule has 1 aliphatic carbocycles. The van der Waals surface area contributed by atoms with E-state index in [4.69, 9.17) is 0 Å². The van der Waals surface area contributed by atoms with Crippen LogP contribution in [0.4, 0.5) is 5.13 Å². The summed E-state index contributed by atoms with van der Waals surface area (Å²) in [6.45, 7) is 1.51. The molecule has 2 N–H and O–H groups in total. The third-order valence-electron chi connectivity index (χ3n) is 5.07. The quantitative estimate of drug-likeness (QED) is 0.530. The lowest BCUT2D eigenvalue weighted by Gasteiger charge is -2.08. The highest BCUT2D eigenvalue weighted by atomic mass is 32.2. The van der Waals surface area contributed by atoms with Crippen LogP contribution in [0.25, 0.3) is 0 Å². The molecule has 0 aliphatic heterocycles. The number of aryl methyl sites for hydroxylation is 2. The molecule has 0 fully saturated rings. The highest BCUT2D eigenvalue weighted by molar-refractivity contribution is 7.89. The van der Waals surface area contributed by atoms with Crippen LogP contribution in [-0.4, -0.2) is 25.1 Å². The van der Waals surface area contributed by atoms with E-state index in [0.29, 0.717) is 21.8 Å². The second-order valence-corrected chi connectivity index (χ2v) is 10.1. The highest BCUT2D eigenvalue weighted by Gasteiger charge is 2.18. The molecule has 0 spiro atoms. The van der Waals surface area contributed by atoms with E-state index in [-0.39, 0.29) is 23.1 Å². The van der Waals surface area contributed by atoms with Gasteiger partial charge in [-0.15, -0.1) is 11.3 Å². The standard InChI is InChI=1S/C22H21N3O4S2/c1-14(26)16-9-11-18(12-10-16)31(28,29)23-13-15-5-7-17(8-6-15)21(27)25-22-24-19-3-2-4-20(19)30-22/h5-12,23H,2-4,13H2,1H3,(H,24,25,27). The van der Waals surface area contributed by atoms with Gasteiger partial charge in [-0.1, -0.05) is 24.3 Å². The van der Waals surface area contributed by atoms with Gasteiger partial charge in [0.25, 0.3) is 5.91 Å². The number of ketones is 1. The SMILES string of the molecule is CC(=O)c1ccc(S(=O)(=O)NCc2ccc(C(=O)Nc3nc4c(s3)CCC4)cc2)cc1. The molecule has 4 rings (SSSR count). The summed E-state index contributed by atoms with van der Waals surface area (Å²) in [6, 6.07) is 12.5. The number of anilines is 1. The van der Waals surface area contributed by atoms with Gasteiger partial charge in [0, 0.05) is 22.5 Å². The van der Waals surface area contributed by atoms with Crippen molar-refractivity contribution in [1.29, 1.82) is 0 Å². The number of rotatable bonds is 7. The van der Waals surface area contributed by atoms with Gasteiger partial charge in [0.2, 0.25) is 10.0 Å². The lowest BCUT2D eigenvalue weighted by molar-refractivity contribution is 0.101. The van der Waals surface area contributed by atoms with E-state index >= 15 is 0 Å². The molecule has 1 aromatic heterocycles. The molecule has 0 saturated carbocycles. The van der Waals surface area contributed by atoms with Crippen molar-refractivity contribution < 1.29 is 18.0 Å². The average molecular weight is 456 g/mol. The Morgan fingerprint density at radius 2 is 1.68 bits per heavy atom. The zero-order valence-corrected chi connectivity index (χ0v) is 18.5. The van der Waals surface area contributed by atoms with Gasteiger partial charge in [0.05, 0.1) is 10.6 Å². The molecule has 9 heteroatoms. The first-order chi connectivity index (χ1) is 14.8. The Hall–Kier alpha value is -2.88. The number of hydrogen-bond donors (Lipinski definition) is 2. The maximum Gasteiger partial charge on any atom is 0.257 e. The van der Waals surface area contributed by atoms with Crippen LogP contribution in [0.15, 0.2) is 53.4 Å². The molecule has 160 valence electrons. The molecule has 31 heavy (non-hydrogen) atoms. The van der Waals surface area contributed by atoms with E-state index in [1.807, 2.05) is 0 Å². The number of nitrogens with zero attached hydrogens (tertiary/aromatic N) is 1. The Morgan fingerprint density at radius 1 is 1.00 bits per heavy atom. The minimum Gasteiger partial charge on any atom is -0.298 e. The minimum absolute atomic E-state index is 0.0812. The topological polar surface area (TPSA) is 105 Å².